The Kier molecular flexibility index (Phi) is 92.1. The zero-order valence-electron chi connectivity index (χ0n) is 3.49. The molecule has 0 aromatic rings. The molecule has 2 radical (unpaired) electrons. The molecule has 0 spiro atoms. The number of hydrogen-bond acceptors (Lipinski definition) is 0. The van der Waals surface area contributed by atoms with Gasteiger partial charge in [0.25, 0.3) is 0 Å². The molecule has 0 bridgehead atoms. The Hall–Kier alpha value is 1.24. The molecule has 0 aromatic heterocycles. The van der Waals surface area contributed by atoms with Gasteiger partial charge in [-0.3, -0.25) is 0 Å². The Balaban J connectivity index is -0.0000000150. The molecule has 0 saturated heterocycles. The fourth-order valence-corrected chi connectivity index (χ4v) is 0. The molecule has 0 heterocycles. The van der Waals surface area contributed by atoms with Crippen molar-refractivity contribution in [3.05, 3.63) is 18.1 Å². The van der Waals surface area contributed by atoms with E-state index in [2.05, 4.69) is 21.5 Å². The average Bonchev–Trinajstić information content (AvgIpc) is 1.37. The molecule has 7 heavy (non-hydrogen) atoms. The second-order valence-corrected chi connectivity index (χ2v) is 0.591. The van der Waals surface area contributed by atoms with Crippen molar-refractivity contribution in [1.82, 2.24) is 0 Å². The molecule has 0 fully saturated rings. The van der Waals surface area contributed by atoms with Crippen molar-refractivity contribution in [3.63, 3.8) is 0 Å². The third kappa shape index (κ3) is 39.6. The van der Waals surface area contributed by atoms with Crippen molar-refractivity contribution in [1.29, 1.82) is 0 Å². The van der Waals surface area contributed by atoms with Crippen molar-refractivity contribution in [2.45, 2.75) is 0 Å². The molecule has 0 aliphatic carbocycles. The van der Waals surface area contributed by atoms with Crippen LogP contribution in [0.5, 0.6) is 0 Å². The van der Waals surface area contributed by atoms with Crippen molar-refractivity contribution >= 4 is 9.24 Å². The topological polar surface area (TPSA) is 0 Å². The molecule has 0 amide bonds. The van der Waals surface area contributed by atoms with Gasteiger partial charge in [-0.2, -0.15) is 5.73 Å². The Bertz CT molecular complexity index is 50.9. The van der Waals surface area contributed by atoms with Crippen LogP contribution < -0.4 is 24.8 Å². The summed E-state index contributed by atoms with van der Waals surface area (Å²) in [5.74, 6) is 1.46. The first-order chi connectivity index (χ1) is 1.91. The van der Waals surface area contributed by atoms with Gasteiger partial charge >= 0.3 is 21.7 Å². The van der Waals surface area contributed by atoms with Gasteiger partial charge in [0.05, 0.1) is 0 Å². The van der Waals surface area contributed by atoms with E-state index in [-0.39, 0.29) is 46.5 Å². The Morgan fingerprint density at radius 2 is 1.57 bits per heavy atom. The summed E-state index contributed by atoms with van der Waals surface area (Å²) in [5.41, 5.74) is 2.42. The number of hydrogen-bond donors (Lipinski definition) is 0. The van der Waals surface area contributed by atoms with Gasteiger partial charge in [-0.25, -0.2) is 5.82 Å². The fourth-order valence-electron chi connectivity index (χ4n) is 0. The van der Waals surface area contributed by atoms with Gasteiger partial charge in [-0.1, -0.05) is 6.58 Å². The predicted octanol–water partition coefficient (Wildman–Crippen LogP) is -4.30. The van der Waals surface area contributed by atoms with E-state index in [9.17, 15) is 0 Å². The molecule has 0 rings (SSSR count). The van der Waals surface area contributed by atoms with E-state index in [1.54, 1.807) is 0 Å². The van der Waals surface area contributed by atoms with E-state index in [1.807, 2.05) is 0 Å². The van der Waals surface area contributed by atoms with Crippen LogP contribution in [0.3, 0.4) is 0 Å². The third-order valence-electron chi connectivity index (χ3n) is 0.0913. The zero-order chi connectivity index (χ0) is 3.41. The van der Waals surface area contributed by atoms with Crippen LogP contribution in [0.2, 0.25) is 0 Å². The minimum absolute atomic E-state index is 0. The van der Waals surface area contributed by atoms with Gasteiger partial charge < -0.3 is 34.1 Å². The van der Waals surface area contributed by atoms with Crippen molar-refractivity contribution in [2.24, 2.45) is 0 Å². The fraction of sp³-hybridized carbons (Fsp3) is 0. The van der Waals surface area contributed by atoms with E-state index in [0.29, 0.717) is 0 Å². The van der Waals surface area contributed by atoms with Crippen LogP contribution in [0.1, 0.15) is 0 Å². The largest absolute Gasteiger partial charge is 3.00 e. The van der Waals surface area contributed by atoms with Gasteiger partial charge in [0.15, 0.2) is 0 Å². The monoisotopic (exact) mass is 188 g/mol. The van der Waals surface area contributed by atoms with Crippen LogP contribution in [0.15, 0.2) is 18.1 Å². The van der Waals surface area contributed by atoms with Crippen LogP contribution in [0.4, 0.5) is 0 Å². The molecule has 0 atom stereocenters. The summed E-state index contributed by atoms with van der Waals surface area (Å²) < 4.78 is 0. The van der Waals surface area contributed by atoms with E-state index in [1.165, 1.54) is 5.82 Å². The van der Waals surface area contributed by atoms with E-state index in [0.717, 1.165) is 0 Å². The second kappa shape index (κ2) is 26.8. The average molecular weight is 189 g/mol. The summed E-state index contributed by atoms with van der Waals surface area (Å²) in [6.45, 7) is 3.22. The van der Waals surface area contributed by atoms with Crippen molar-refractivity contribution in [2.75, 3.05) is 0 Å². The standard InChI is InChI=1S/C3H3P.2ClH.Ti/c1-2-3-4;;;/h3H,1H2;2*1H;/q-1;;;+3/p-2. The summed E-state index contributed by atoms with van der Waals surface area (Å²) in [5, 5.41) is 0. The van der Waals surface area contributed by atoms with E-state index in [4.69, 9.17) is 0 Å². The molecule has 0 unspecified atom stereocenters. The molecule has 0 aliphatic rings. The van der Waals surface area contributed by atoms with Crippen LogP contribution >= 0.6 is 9.24 Å². The minimum atomic E-state index is 0. The molecule has 4 heteroatoms. The molecule has 0 N–H and O–H groups in total. The first kappa shape index (κ1) is 24.0. The Labute approximate surface area is 73.7 Å². The smallest absolute Gasteiger partial charge is 1.00 e. The number of halogens is 2. The summed E-state index contributed by atoms with van der Waals surface area (Å²) in [4.78, 5) is 0. The molecule has 0 aromatic carbocycles. The Morgan fingerprint density at radius 3 is 1.57 bits per heavy atom. The molecular formula is C3H3Cl2PTi. The summed E-state index contributed by atoms with van der Waals surface area (Å²) in [6, 6.07) is 0. The van der Waals surface area contributed by atoms with Crippen LogP contribution in [-0.2, 0) is 21.7 Å². The quantitative estimate of drug-likeness (QED) is 0.205. The molecule has 0 nitrogen and oxygen atoms in total. The first-order valence-corrected chi connectivity index (χ1v) is 1.42. The molecule has 0 saturated carbocycles. The predicted molar refractivity (Wildman–Crippen MR) is 20.6 cm³/mol. The summed E-state index contributed by atoms with van der Waals surface area (Å²) >= 11 is 0. The van der Waals surface area contributed by atoms with Crippen molar-refractivity contribution in [3.8, 4) is 0 Å². The first-order valence-electron chi connectivity index (χ1n) is 0.900. The maximum Gasteiger partial charge on any atom is 3.00 e. The SMILES string of the molecule is C=C=C[P-].[Cl-].[Cl-].[Ti+3]. The van der Waals surface area contributed by atoms with Crippen molar-refractivity contribution < 1.29 is 46.5 Å². The summed E-state index contributed by atoms with van der Waals surface area (Å²) in [7, 11) is 3.62. The second-order valence-electron chi connectivity index (χ2n) is 0.333. The normalized spacial score (nSPS) is 2.43. The van der Waals surface area contributed by atoms with Crippen LogP contribution in [0, 0.1) is 0 Å². The Morgan fingerprint density at radius 1 is 1.43 bits per heavy atom. The summed E-state index contributed by atoms with van der Waals surface area (Å²) in [6.07, 6.45) is 0. The van der Waals surface area contributed by atoms with Gasteiger partial charge in [0.1, 0.15) is 0 Å². The zero-order valence-corrected chi connectivity index (χ0v) is 7.46. The van der Waals surface area contributed by atoms with E-state index < -0.39 is 0 Å². The van der Waals surface area contributed by atoms with Gasteiger partial charge in [-0.05, 0) is 0 Å². The van der Waals surface area contributed by atoms with Gasteiger partial charge in [0, 0.05) is 0 Å². The van der Waals surface area contributed by atoms with Crippen LogP contribution in [0.25, 0.3) is 0 Å². The third-order valence-corrected chi connectivity index (χ3v) is 0.274. The van der Waals surface area contributed by atoms with Crippen LogP contribution in [-0.4, -0.2) is 0 Å². The maximum atomic E-state index is 3.62. The van der Waals surface area contributed by atoms with E-state index >= 15 is 0 Å². The maximum absolute atomic E-state index is 3.62. The minimum Gasteiger partial charge on any atom is -1.00 e. The van der Waals surface area contributed by atoms with Gasteiger partial charge in [-0.15, -0.1) is 0 Å². The molecule has 38 valence electrons. The van der Waals surface area contributed by atoms with Gasteiger partial charge in [0.2, 0.25) is 0 Å². The molecular weight excluding hydrogens is 186 g/mol. The molecule has 0 aliphatic heterocycles. The number of rotatable bonds is 0.